The molecule has 1 amide bonds. The Balaban J connectivity index is 1.44. The van der Waals surface area contributed by atoms with Gasteiger partial charge in [-0.2, -0.15) is 4.68 Å². The van der Waals surface area contributed by atoms with Crippen molar-refractivity contribution in [3.8, 4) is 17.2 Å². The number of carbonyl (C=O) groups excluding carboxylic acids is 1. The lowest BCUT2D eigenvalue weighted by Crippen LogP contribution is -2.15. The van der Waals surface area contributed by atoms with Crippen LogP contribution in [0.15, 0.2) is 71.9 Å². The average molecular weight is 446 g/mol. The zero-order valence-electron chi connectivity index (χ0n) is 18.1. The maximum atomic E-state index is 12.7. The third-order valence-corrected chi connectivity index (χ3v) is 5.75. The Morgan fingerprint density at radius 3 is 2.44 bits per heavy atom. The average Bonchev–Trinajstić information content (AvgIpc) is 3.23. The normalized spacial score (nSPS) is 10.7. The highest BCUT2D eigenvalue weighted by Gasteiger charge is 2.15. The largest absolute Gasteiger partial charge is 0.455 e. The zero-order chi connectivity index (χ0) is 22.5. The second-order valence-corrected chi connectivity index (χ2v) is 8.30. The Hall–Kier alpha value is -3.65. The monoisotopic (exact) mass is 445 g/mol. The number of aromatic nitrogens is 4. The molecule has 162 valence electrons. The van der Waals surface area contributed by atoms with Crippen LogP contribution in [0.1, 0.15) is 16.7 Å². The number of ether oxygens (including phenoxy) is 1. The van der Waals surface area contributed by atoms with Crippen molar-refractivity contribution in [2.75, 3.05) is 11.1 Å². The number of thioether (sulfide) groups is 1. The van der Waals surface area contributed by atoms with Crippen molar-refractivity contribution in [2.24, 2.45) is 0 Å². The summed E-state index contributed by atoms with van der Waals surface area (Å²) in [7, 11) is 0. The number of carbonyl (C=O) groups is 1. The standard InChI is InChI=1S/C24H23N5O2S/c1-16-11-13-19(14-12-16)31-21-10-5-4-9-20(21)25-22(30)15-32-24-26-27-28-29(24)23-17(2)7-6-8-18(23)3/h4-14H,15H2,1-3H3,(H,25,30). The summed E-state index contributed by atoms with van der Waals surface area (Å²) in [5.74, 6) is 1.27. The van der Waals surface area contributed by atoms with Crippen molar-refractivity contribution in [2.45, 2.75) is 25.9 Å². The van der Waals surface area contributed by atoms with E-state index in [-0.39, 0.29) is 11.7 Å². The Kier molecular flexibility index (Phi) is 6.51. The third-order valence-electron chi connectivity index (χ3n) is 4.83. The van der Waals surface area contributed by atoms with Crippen LogP contribution >= 0.6 is 11.8 Å². The van der Waals surface area contributed by atoms with Crippen molar-refractivity contribution < 1.29 is 9.53 Å². The molecule has 0 fully saturated rings. The number of para-hydroxylation sites is 3. The molecule has 0 bridgehead atoms. The first kappa shape index (κ1) is 21.6. The number of tetrazole rings is 1. The van der Waals surface area contributed by atoms with E-state index in [1.165, 1.54) is 11.8 Å². The first-order valence-corrected chi connectivity index (χ1v) is 11.1. The molecule has 0 spiro atoms. The van der Waals surface area contributed by atoms with Crippen LogP contribution < -0.4 is 10.1 Å². The Labute approximate surface area is 190 Å². The molecule has 1 heterocycles. The summed E-state index contributed by atoms with van der Waals surface area (Å²) in [4.78, 5) is 12.7. The van der Waals surface area contributed by atoms with E-state index in [2.05, 4.69) is 20.8 Å². The van der Waals surface area contributed by atoms with Gasteiger partial charge in [0.15, 0.2) is 5.75 Å². The minimum absolute atomic E-state index is 0.157. The molecule has 4 aromatic rings. The van der Waals surface area contributed by atoms with Crippen molar-refractivity contribution in [3.63, 3.8) is 0 Å². The van der Waals surface area contributed by atoms with Gasteiger partial charge in [0, 0.05) is 0 Å². The maximum Gasteiger partial charge on any atom is 0.234 e. The molecule has 0 aliphatic rings. The molecule has 1 aromatic heterocycles. The van der Waals surface area contributed by atoms with Gasteiger partial charge in [0.1, 0.15) is 5.75 Å². The number of amides is 1. The second-order valence-electron chi connectivity index (χ2n) is 7.36. The number of hydrogen-bond donors (Lipinski definition) is 1. The molecular formula is C24H23N5O2S. The van der Waals surface area contributed by atoms with Crippen LogP contribution in [0.3, 0.4) is 0 Å². The fourth-order valence-corrected chi connectivity index (χ4v) is 3.93. The van der Waals surface area contributed by atoms with Gasteiger partial charge in [0.2, 0.25) is 11.1 Å². The summed E-state index contributed by atoms with van der Waals surface area (Å²) in [5.41, 5.74) is 4.81. The van der Waals surface area contributed by atoms with Gasteiger partial charge in [-0.15, -0.1) is 5.10 Å². The van der Waals surface area contributed by atoms with E-state index >= 15 is 0 Å². The highest BCUT2D eigenvalue weighted by atomic mass is 32.2. The number of anilines is 1. The fourth-order valence-electron chi connectivity index (χ4n) is 3.26. The topological polar surface area (TPSA) is 81.9 Å². The van der Waals surface area contributed by atoms with E-state index < -0.39 is 0 Å². The molecule has 32 heavy (non-hydrogen) atoms. The van der Waals surface area contributed by atoms with E-state index in [0.29, 0.717) is 22.3 Å². The molecule has 0 saturated carbocycles. The van der Waals surface area contributed by atoms with Gasteiger partial charge >= 0.3 is 0 Å². The summed E-state index contributed by atoms with van der Waals surface area (Å²) < 4.78 is 7.64. The molecule has 1 N–H and O–H groups in total. The molecule has 8 heteroatoms. The smallest absolute Gasteiger partial charge is 0.234 e. The highest BCUT2D eigenvalue weighted by Crippen LogP contribution is 2.30. The Bertz CT molecular complexity index is 1220. The number of hydrogen-bond acceptors (Lipinski definition) is 6. The highest BCUT2D eigenvalue weighted by molar-refractivity contribution is 7.99. The maximum absolute atomic E-state index is 12.7. The van der Waals surface area contributed by atoms with Gasteiger partial charge in [-0.1, -0.05) is 59.8 Å². The predicted octanol–water partition coefficient (Wildman–Crippen LogP) is 5.11. The summed E-state index contributed by atoms with van der Waals surface area (Å²) in [6, 6.07) is 21.1. The van der Waals surface area contributed by atoms with Crippen LogP contribution in [0.25, 0.3) is 5.69 Å². The molecule has 0 saturated heterocycles. The third kappa shape index (κ3) is 4.97. The van der Waals surface area contributed by atoms with E-state index in [9.17, 15) is 4.79 Å². The summed E-state index contributed by atoms with van der Waals surface area (Å²) in [6.45, 7) is 6.04. The van der Waals surface area contributed by atoms with E-state index in [0.717, 1.165) is 22.4 Å². The quantitative estimate of drug-likeness (QED) is 0.398. The number of aryl methyl sites for hydroxylation is 3. The van der Waals surface area contributed by atoms with Gasteiger partial charge in [-0.25, -0.2) is 0 Å². The van der Waals surface area contributed by atoms with Crippen molar-refractivity contribution in [3.05, 3.63) is 83.4 Å². The lowest BCUT2D eigenvalue weighted by atomic mass is 10.1. The first-order chi connectivity index (χ1) is 15.5. The molecular weight excluding hydrogens is 422 g/mol. The van der Waals surface area contributed by atoms with Crippen LogP contribution in [0.5, 0.6) is 11.5 Å². The number of rotatable bonds is 7. The molecule has 0 aliphatic carbocycles. The molecule has 4 rings (SSSR count). The van der Waals surface area contributed by atoms with Crippen LogP contribution in [0.4, 0.5) is 5.69 Å². The summed E-state index contributed by atoms with van der Waals surface area (Å²) >= 11 is 1.28. The molecule has 0 aliphatic heterocycles. The van der Waals surface area contributed by atoms with E-state index in [1.54, 1.807) is 4.68 Å². The van der Waals surface area contributed by atoms with Crippen molar-refractivity contribution >= 4 is 23.4 Å². The summed E-state index contributed by atoms with van der Waals surface area (Å²) in [6.07, 6.45) is 0. The van der Waals surface area contributed by atoms with Crippen LogP contribution in [0, 0.1) is 20.8 Å². The van der Waals surface area contributed by atoms with Gasteiger partial charge in [-0.3, -0.25) is 4.79 Å². The van der Waals surface area contributed by atoms with Gasteiger partial charge in [0.25, 0.3) is 0 Å². The molecule has 0 radical (unpaired) electrons. The van der Waals surface area contributed by atoms with Gasteiger partial charge in [-0.05, 0) is 66.6 Å². The number of benzene rings is 3. The van der Waals surface area contributed by atoms with Crippen LogP contribution in [0.2, 0.25) is 0 Å². The van der Waals surface area contributed by atoms with Crippen LogP contribution in [-0.4, -0.2) is 31.9 Å². The van der Waals surface area contributed by atoms with Gasteiger partial charge < -0.3 is 10.1 Å². The first-order valence-electron chi connectivity index (χ1n) is 10.1. The molecule has 7 nitrogen and oxygen atoms in total. The van der Waals surface area contributed by atoms with Gasteiger partial charge in [0.05, 0.1) is 17.1 Å². The number of nitrogens with one attached hydrogen (secondary N) is 1. The van der Waals surface area contributed by atoms with Crippen molar-refractivity contribution in [1.82, 2.24) is 20.2 Å². The van der Waals surface area contributed by atoms with Crippen LogP contribution in [-0.2, 0) is 4.79 Å². The second kappa shape index (κ2) is 9.65. The lowest BCUT2D eigenvalue weighted by molar-refractivity contribution is -0.113. The number of nitrogens with zero attached hydrogens (tertiary/aromatic N) is 4. The Morgan fingerprint density at radius 2 is 1.69 bits per heavy atom. The minimum atomic E-state index is -0.175. The fraction of sp³-hybridized carbons (Fsp3) is 0.167. The molecule has 0 unspecified atom stereocenters. The van der Waals surface area contributed by atoms with E-state index in [4.69, 9.17) is 4.74 Å². The summed E-state index contributed by atoms with van der Waals surface area (Å²) in [5, 5.41) is 15.5. The lowest BCUT2D eigenvalue weighted by Gasteiger charge is -2.13. The predicted molar refractivity (Wildman–Crippen MR) is 126 cm³/mol. The molecule has 3 aromatic carbocycles. The van der Waals surface area contributed by atoms with E-state index in [1.807, 2.05) is 87.5 Å². The Morgan fingerprint density at radius 1 is 0.969 bits per heavy atom. The zero-order valence-corrected chi connectivity index (χ0v) is 18.9. The minimum Gasteiger partial charge on any atom is -0.455 e. The van der Waals surface area contributed by atoms with Crippen molar-refractivity contribution in [1.29, 1.82) is 0 Å². The SMILES string of the molecule is Cc1ccc(Oc2ccccc2NC(=O)CSc2nnnn2-c2c(C)cccc2C)cc1. The molecule has 0 atom stereocenters.